The van der Waals surface area contributed by atoms with Crippen LogP contribution in [0.1, 0.15) is 81.8 Å². The zero-order valence-electron chi connectivity index (χ0n) is 40.3. The van der Waals surface area contributed by atoms with Gasteiger partial charge < -0.3 is 44.6 Å². The quantitative estimate of drug-likeness (QED) is 0.0818. The van der Waals surface area contributed by atoms with Gasteiger partial charge in [-0.05, 0) is 94.3 Å². The second-order valence-corrected chi connectivity index (χ2v) is 19.7. The van der Waals surface area contributed by atoms with Gasteiger partial charge in [-0.1, -0.05) is 101 Å². The van der Waals surface area contributed by atoms with E-state index in [-0.39, 0.29) is 35.6 Å². The number of amides is 4. The Morgan fingerprint density at radius 2 is 1.33 bits per heavy atom. The summed E-state index contributed by atoms with van der Waals surface area (Å²) < 4.78 is 16.0. The van der Waals surface area contributed by atoms with Gasteiger partial charge >= 0.3 is 12.2 Å². The average Bonchev–Trinajstić information content (AvgIpc) is 4.16. The fourth-order valence-electron chi connectivity index (χ4n) is 10.6. The minimum absolute atomic E-state index is 0.0320. The Bertz CT molecular complexity index is 3140. The highest BCUT2D eigenvalue weighted by Gasteiger charge is 2.44. The van der Waals surface area contributed by atoms with Gasteiger partial charge in [-0.3, -0.25) is 9.59 Å². The number of benzene rings is 5. The lowest BCUT2D eigenvalue weighted by molar-refractivity contribution is -0.135. The number of hydrogen-bond acceptors (Lipinski definition) is 9. The molecule has 0 bridgehead atoms. The topological polar surface area (TPSA) is 184 Å². The number of aromatic amines is 2. The van der Waals surface area contributed by atoms with Gasteiger partial charge in [0.05, 0.1) is 48.9 Å². The second-order valence-electron chi connectivity index (χ2n) is 19.7. The predicted octanol–water partition coefficient (Wildman–Crippen LogP) is 9.67. The molecule has 0 spiro atoms. The number of alkyl carbamates (subject to hydrolysis) is 2. The Labute approximate surface area is 406 Å². The maximum absolute atomic E-state index is 14.6. The normalized spacial score (nSPS) is 20.3. The van der Waals surface area contributed by atoms with Crippen LogP contribution in [0.2, 0.25) is 0 Å². The molecule has 1 aliphatic carbocycles. The van der Waals surface area contributed by atoms with Crippen LogP contribution in [-0.2, 0) is 23.8 Å². The summed E-state index contributed by atoms with van der Waals surface area (Å²) in [6.45, 7) is 12.4. The zero-order chi connectivity index (χ0) is 48.8. The molecule has 4 heterocycles. The Hall–Kier alpha value is -7.26. The Morgan fingerprint density at radius 3 is 1.93 bits per heavy atom. The summed E-state index contributed by atoms with van der Waals surface area (Å²) in [6.07, 6.45) is 2.98. The number of carbonyl (C=O) groups is 4. The average molecular weight is 945 g/mol. The first-order chi connectivity index (χ1) is 33.9. The van der Waals surface area contributed by atoms with Crippen LogP contribution < -0.4 is 10.6 Å². The van der Waals surface area contributed by atoms with Crippen molar-refractivity contribution >= 4 is 67.6 Å². The molecule has 70 heavy (non-hydrogen) atoms. The minimum atomic E-state index is -0.945. The number of imidazole rings is 2. The van der Waals surface area contributed by atoms with Gasteiger partial charge in [0.15, 0.2) is 0 Å². The monoisotopic (exact) mass is 944 g/mol. The highest BCUT2D eigenvalue weighted by atomic mass is 16.5. The molecule has 3 aliphatic rings. The Morgan fingerprint density at radius 1 is 0.729 bits per heavy atom. The van der Waals surface area contributed by atoms with Gasteiger partial charge in [-0.25, -0.2) is 19.6 Å². The van der Waals surface area contributed by atoms with Crippen LogP contribution in [0, 0.1) is 23.7 Å². The van der Waals surface area contributed by atoms with Crippen molar-refractivity contribution in [1.82, 2.24) is 40.4 Å². The van der Waals surface area contributed by atoms with Crippen molar-refractivity contribution in [1.29, 1.82) is 0 Å². The third kappa shape index (κ3) is 8.82. The standard InChI is InChI=1S/C55H60N8O7/c1-30(2)45(60-54(66)68-5)52(64)63-26-31(3)32(4)49(63)51-57-43-22-18-39-25-37(16-20-41(39)48(43)59-51)36-15-19-40-38(24-36)17-21-42-47(40)58-50(56-42)44-23-34(29-70-28-33-11-10-12-33)27-62(44)53(65)46(61-55(67)69-6)35-13-8-7-9-14-35/h7-9,13-22,24-25,30-31,33-34,44-46,49H,4,10-12,23,26-29H2,1-3,5-6H3,(H,56,58)(H,57,59)(H,60,66)(H,61,67)/t31-,34+,44+,45+,46-,49+/m1/s1. The van der Waals surface area contributed by atoms with Crippen LogP contribution in [-0.4, -0.2) is 100 Å². The van der Waals surface area contributed by atoms with Crippen LogP contribution >= 0.6 is 0 Å². The molecule has 362 valence electrons. The Balaban J connectivity index is 0.928. The fourth-order valence-corrected chi connectivity index (χ4v) is 10.6. The number of nitrogens with zero attached hydrogens (tertiary/aromatic N) is 4. The lowest BCUT2D eigenvalue weighted by Crippen LogP contribution is -2.51. The van der Waals surface area contributed by atoms with E-state index in [2.05, 4.69) is 82.6 Å². The summed E-state index contributed by atoms with van der Waals surface area (Å²) in [5, 5.41) is 9.59. The summed E-state index contributed by atoms with van der Waals surface area (Å²) in [6, 6.07) is 27.7. The first-order valence-corrected chi connectivity index (χ1v) is 24.4. The van der Waals surface area contributed by atoms with Crippen molar-refractivity contribution in [2.75, 3.05) is 40.5 Å². The van der Waals surface area contributed by atoms with E-state index in [1.54, 1.807) is 4.90 Å². The van der Waals surface area contributed by atoms with Gasteiger partial charge in [-0.2, -0.15) is 0 Å². The lowest BCUT2D eigenvalue weighted by Gasteiger charge is -2.30. The number of fused-ring (bicyclic) bond motifs is 6. The van der Waals surface area contributed by atoms with E-state index in [9.17, 15) is 19.2 Å². The molecule has 2 saturated heterocycles. The van der Waals surface area contributed by atoms with Crippen molar-refractivity contribution in [2.45, 2.75) is 70.6 Å². The van der Waals surface area contributed by atoms with Crippen molar-refractivity contribution < 1.29 is 33.4 Å². The van der Waals surface area contributed by atoms with Gasteiger partial charge in [0, 0.05) is 36.4 Å². The van der Waals surface area contributed by atoms with E-state index in [4.69, 9.17) is 24.2 Å². The van der Waals surface area contributed by atoms with Crippen LogP contribution in [0.25, 0.3) is 54.7 Å². The SMILES string of the molecule is C=C1[C@H](C)CN(C(=O)[C@@H](NC(=O)OC)C(C)C)[C@@H]1c1nc2ccc3cc(-c4ccc5c(ccc6nc([C@@H]7C[C@H](COCC8CCC8)CN7C(=O)[C@H](NC(=O)OC)c7ccccc7)[nH]c65)c4)ccc3c2[nH]1. The van der Waals surface area contributed by atoms with Crippen molar-refractivity contribution in [3.05, 3.63) is 120 Å². The number of carbonyl (C=O) groups excluding carboxylic acids is 4. The minimum Gasteiger partial charge on any atom is -0.453 e. The molecule has 2 aliphatic heterocycles. The number of H-pyrrole nitrogens is 2. The number of rotatable bonds is 13. The van der Waals surface area contributed by atoms with Crippen LogP contribution in [0.5, 0.6) is 0 Å². The molecule has 15 heteroatoms. The second kappa shape index (κ2) is 19.3. The molecule has 1 saturated carbocycles. The van der Waals surface area contributed by atoms with Gasteiger partial charge in [0.1, 0.15) is 29.8 Å². The molecule has 0 radical (unpaired) electrons. The highest BCUT2D eigenvalue weighted by Crippen LogP contribution is 2.42. The van der Waals surface area contributed by atoms with Crippen LogP contribution in [0.3, 0.4) is 0 Å². The molecule has 10 rings (SSSR count). The highest BCUT2D eigenvalue weighted by molar-refractivity contribution is 6.07. The molecule has 6 atom stereocenters. The van der Waals surface area contributed by atoms with E-state index in [1.807, 2.05) is 61.2 Å². The summed E-state index contributed by atoms with van der Waals surface area (Å²) in [5.41, 5.74) is 6.98. The smallest absolute Gasteiger partial charge is 0.407 e. The maximum Gasteiger partial charge on any atom is 0.407 e. The molecule has 2 aromatic heterocycles. The summed E-state index contributed by atoms with van der Waals surface area (Å²) in [5.74, 6) is 1.43. The number of aromatic nitrogens is 4. The summed E-state index contributed by atoms with van der Waals surface area (Å²) in [7, 11) is 2.58. The van der Waals surface area contributed by atoms with Gasteiger partial charge in [-0.15, -0.1) is 0 Å². The van der Waals surface area contributed by atoms with Crippen molar-refractivity contribution in [3.8, 4) is 11.1 Å². The van der Waals surface area contributed by atoms with E-state index in [0.717, 1.165) is 66.9 Å². The number of ether oxygens (including phenoxy) is 3. The molecular formula is C55H60N8O7. The van der Waals surface area contributed by atoms with E-state index < -0.39 is 30.3 Å². The number of nitrogens with one attached hydrogen (secondary N) is 4. The fraction of sp³-hybridized carbons (Fsp3) is 0.382. The van der Waals surface area contributed by atoms with E-state index in [0.29, 0.717) is 49.2 Å². The van der Waals surface area contributed by atoms with E-state index >= 15 is 0 Å². The molecule has 5 aromatic carbocycles. The van der Waals surface area contributed by atoms with Gasteiger partial charge in [0.25, 0.3) is 5.91 Å². The molecule has 4 amide bonds. The number of methoxy groups -OCH3 is 2. The summed E-state index contributed by atoms with van der Waals surface area (Å²) in [4.78, 5) is 74.5. The molecule has 4 N–H and O–H groups in total. The maximum atomic E-state index is 14.6. The molecule has 0 unspecified atom stereocenters. The van der Waals surface area contributed by atoms with Crippen molar-refractivity contribution in [3.63, 3.8) is 0 Å². The Kier molecular flexibility index (Phi) is 12.8. The van der Waals surface area contributed by atoms with Crippen molar-refractivity contribution in [2.24, 2.45) is 23.7 Å². The summed E-state index contributed by atoms with van der Waals surface area (Å²) >= 11 is 0. The van der Waals surface area contributed by atoms with Crippen LogP contribution in [0.15, 0.2) is 103 Å². The third-order valence-corrected chi connectivity index (χ3v) is 14.8. The first-order valence-electron chi connectivity index (χ1n) is 24.4. The van der Waals surface area contributed by atoms with Crippen LogP contribution in [0.4, 0.5) is 9.59 Å². The molecule has 15 nitrogen and oxygen atoms in total. The third-order valence-electron chi connectivity index (χ3n) is 14.8. The van der Waals surface area contributed by atoms with E-state index in [1.165, 1.54) is 33.5 Å². The lowest BCUT2D eigenvalue weighted by atomic mass is 9.86. The molecular weight excluding hydrogens is 885 g/mol. The zero-order valence-corrected chi connectivity index (χ0v) is 40.3. The predicted molar refractivity (Wildman–Crippen MR) is 269 cm³/mol. The number of hydrogen-bond donors (Lipinski definition) is 4. The largest absolute Gasteiger partial charge is 0.453 e. The molecule has 3 fully saturated rings. The number of likely N-dealkylation sites (tertiary alicyclic amines) is 2. The first kappa shape index (κ1) is 46.5. The van der Waals surface area contributed by atoms with Gasteiger partial charge in [0.2, 0.25) is 5.91 Å². The molecule has 7 aromatic rings.